The monoisotopic (exact) mass is 337 g/mol. The van der Waals surface area contributed by atoms with E-state index in [1.54, 1.807) is 23.9 Å². The molecule has 1 aromatic heterocycles. The lowest BCUT2D eigenvalue weighted by molar-refractivity contribution is -0.384. The van der Waals surface area contributed by atoms with Crippen molar-refractivity contribution in [3.63, 3.8) is 0 Å². The number of hydrogen-bond donors (Lipinski definition) is 0. The number of nitrogens with zero attached hydrogens (tertiary/aromatic N) is 3. The summed E-state index contributed by atoms with van der Waals surface area (Å²) in [6.07, 6.45) is 5.81. The fourth-order valence-electron chi connectivity index (χ4n) is 2.12. The molecule has 0 aliphatic heterocycles. The van der Waals surface area contributed by atoms with E-state index in [1.165, 1.54) is 12.1 Å². The number of hydrogen-bond acceptors (Lipinski definition) is 4. The van der Waals surface area contributed by atoms with Crippen molar-refractivity contribution in [2.75, 3.05) is 0 Å². The standard InChI is InChI=1S/C18H15N3O2S/c1-20-11-10-14(13-20)12-19-15-2-6-17(7-3-15)24-18-8-4-16(5-9-18)21(22)23/h2-13H,1H3. The Hall–Kier alpha value is -2.86. The average molecular weight is 337 g/mol. The zero-order valence-electron chi connectivity index (χ0n) is 13.0. The third-order valence-electron chi connectivity index (χ3n) is 3.34. The molecule has 3 aromatic rings. The van der Waals surface area contributed by atoms with Gasteiger partial charge in [-0.05, 0) is 42.5 Å². The van der Waals surface area contributed by atoms with Gasteiger partial charge in [0, 0.05) is 53.1 Å². The van der Waals surface area contributed by atoms with Crippen LogP contribution in [0.15, 0.2) is 81.8 Å². The number of non-ortho nitro benzene ring substituents is 1. The molecular weight excluding hydrogens is 322 g/mol. The van der Waals surface area contributed by atoms with Crippen LogP contribution in [-0.2, 0) is 7.05 Å². The lowest BCUT2D eigenvalue weighted by Crippen LogP contribution is -1.86. The molecule has 0 unspecified atom stereocenters. The Bertz CT molecular complexity index is 868. The van der Waals surface area contributed by atoms with E-state index < -0.39 is 4.92 Å². The second-order valence-corrected chi connectivity index (χ2v) is 6.36. The minimum absolute atomic E-state index is 0.102. The van der Waals surface area contributed by atoms with E-state index in [-0.39, 0.29) is 5.69 Å². The Balaban J connectivity index is 1.65. The van der Waals surface area contributed by atoms with E-state index in [0.717, 1.165) is 21.0 Å². The SMILES string of the molecule is Cn1ccc(C=Nc2ccc(Sc3ccc([N+](=O)[O-])cc3)cc2)c1. The zero-order chi connectivity index (χ0) is 16.9. The van der Waals surface area contributed by atoms with Gasteiger partial charge in [0.15, 0.2) is 0 Å². The molecule has 0 aliphatic carbocycles. The van der Waals surface area contributed by atoms with E-state index in [2.05, 4.69) is 4.99 Å². The number of aryl methyl sites for hydroxylation is 1. The highest BCUT2D eigenvalue weighted by molar-refractivity contribution is 7.99. The maximum atomic E-state index is 10.7. The summed E-state index contributed by atoms with van der Waals surface area (Å²) in [5, 5.41) is 10.7. The molecule has 6 heteroatoms. The fourth-order valence-corrected chi connectivity index (χ4v) is 2.94. The second-order valence-electron chi connectivity index (χ2n) is 5.22. The van der Waals surface area contributed by atoms with E-state index in [9.17, 15) is 10.1 Å². The van der Waals surface area contributed by atoms with Gasteiger partial charge in [-0.2, -0.15) is 0 Å². The van der Waals surface area contributed by atoms with Gasteiger partial charge >= 0.3 is 0 Å². The molecule has 1 heterocycles. The van der Waals surface area contributed by atoms with Crippen LogP contribution in [0.4, 0.5) is 11.4 Å². The summed E-state index contributed by atoms with van der Waals surface area (Å²) in [5.41, 5.74) is 2.04. The van der Waals surface area contributed by atoms with Crippen LogP contribution in [-0.4, -0.2) is 15.7 Å². The molecule has 5 nitrogen and oxygen atoms in total. The number of aromatic nitrogens is 1. The fraction of sp³-hybridized carbons (Fsp3) is 0.0556. The number of nitro groups is 1. The minimum Gasteiger partial charge on any atom is -0.357 e. The molecule has 2 aromatic carbocycles. The average Bonchev–Trinajstić information content (AvgIpc) is 3.00. The number of aliphatic imine (C=N–C) groups is 1. The van der Waals surface area contributed by atoms with Gasteiger partial charge in [0.25, 0.3) is 5.69 Å². The van der Waals surface area contributed by atoms with Crippen molar-refractivity contribution in [1.29, 1.82) is 0 Å². The highest BCUT2D eigenvalue weighted by Crippen LogP contribution is 2.30. The molecular formula is C18H15N3O2S. The van der Waals surface area contributed by atoms with Gasteiger partial charge in [0.1, 0.15) is 0 Å². The largest absolute Gasteiger partial charge is 0.357 e. The molecule has 0 aliphatic rings. The second kappa shape index (κ2) is 7.14. The van der Waals surface area contributed by atoms with E-state index in [1.807, 2.05) is 60.6 Å². The van der Waals surface area contributed by atoms with Crippen molar-refractivity contribution in [2.45, 2.75) is 9.79 Å². The summed E-state index contributed by atoms with van der Waals surface area (Å²) in [6.45, 7) is 0. The quantitative estimate of drug-likeness (QED) is 0.380. The molecule has 0 amide bonds. The van der Waals surface area contributed by atoms with Gasteiger partial charge in [-0.1, -0.05) is 11.8 Å². The predicted molar refractivity (Wildman–Crippen MR) is 96.3 cm³/mol. The van der Waals surface area contributed by atoms with Gasteiger partial charge in [0.05, 0.1) is 10.6 Å². The Kier molecular flexibility index (Phi) is 4.77. The lowest BCUT2D eigenvalue weighted by atomic mass is 10.3. The van der Waals surface area contributed by atoms with Crippen molar-refractivity contribution in [1.82, 2.24) is 4.57 Å². The molecule has 0 atom stereocenters. The van der Waals surface area contributed by atoms with Crippen LogP contribution in [0.5, 0.6) is 0 Å². The first-order chi connectivity index (χ1) is 11.6. The summed E-state index contributed by atoms with van der Waals surface area (Å²) >= 11 is 1.56. The van der Waals surface area contributed by atoms with Crippen LogP contribution in [0.2, 0.25) is 0 Å². The number of benzene rings is 2. The summed E-state index contributed by atoms with van der Waals surface area (Å²) in [7, 11) is 1.97. The van der Waals surface area contributed by atoms with Crippen LogP contribution in [0, 0.1) is 10.1 Å². The van der Waals surface area contributed by atoms with Crippen LogP contribution in [0.25, 0.3) is 0 Å². The highest BCUT2D eigenvalue weighted by Gasteiger charge is 2.04. The molecule has 0 spiro atoms. The lowest BCUT2D eigenvalue weighted by Gasteiger charge is -2.02. The Morgan fingerprint density at radius 3 is 2.21 bits per heavy atom. The number of rotatable bonds is 5. The van der Waals surface area contributed by atoms with E-state index in [0.29, 0.717) is 0 Å². The van der Waals surface area contributed by atoms with Gasteiger partial charge in [-0.15, -0.1) is 0 Å². The van der Waals surface area contributed by atoms with Crippen LogP contribution < -0.4 is 0 Å². The van der Waals surface area contributed by atoms with Gasteiger partial charge in [-0.3, -0.25) is 15.1 Å². The Morgan fingerprint density at radius 1 is 1.04 bits per heavy atom. The maximum absolute atomic E-state index is 10.7. The topological polar surface area (TPSA) is 60.4 Å². The van der Waals surface area contributed by atoms with Crippen LogP contribution >= 0.6 is 11.8 Å². The van der Waals surface area contributed by atoms with Crippen molar-refractivity contribution >= 4 is 29.4 Å². The number of nitro benzene ring substituents is 1. The Labute approximate surface area is 143 Å². The molecule has 0 fully saturated rings. The zero-order valence-corrected chi connectivity index (χ0v) is 13.8. The molecule has 24 heavy (non-hydrogen) atoms. The van der Waals surface area contributed by atoms with Crippen LogP contribution in [0.3, 0.4) is 0 Å². The summed E-state index contributed by atoms with van der Waals surface area (Å²) in [4.78, 5) is 16.7. The molecule has 0 saturated heterocycles. The normalized spacial score (nSPS) is 11.0. The summed E-state index contributed by atoms with van der Waals surface area (Å²) in [5.74, 6) is 0. The third kappa shape index (κ3) is 4.11. The molecule has 0 radical (unpaired) electrons. The maximum Gasteiger partial charge on any atom is 0.269 e. The smallest absolute Gasteiger partial charge is 0.269 e. The molecule has 0 bridgehead atoms. The van der Waals surface area contributed by atoms with E-state index >= 15 is 0 Å². The van der Waals surface area contributed by atoms with Gasteiger partial charge in [0.2, 0.25) is 0 Å². The molecule has 3 rings (SSSR count). The molecule has 0 saturated carbocycles. The van der Waals surface area contributed by atoms with E-state index in [4.69, 9.17) is 0 Å². The summed E-state index contributed by atoms with van der Waals surface area (Å²) in [6, 6.07) is 16.4. The first-order valence-electron chi connectivity index (χ1n) is 7.28. The van der Waals surface area contributed by atoms with Crippen molar-refractivity contribution in [3.8, 4) is 0 Å². The summed E-state index contributed by atoms with van der Waals surface area (Å²) < 4.78 is 1.98. The minimum atomic E-state index is -0.395. The third-order valence-corrected chi connectivity index (χ3v) is 4.35. The molecule has 120 valence electrons. The Morgan fingerprint density at radius 2 is 1.67 bits per heavy atom. The van der Waals surface area contributed by atoms with Crippen molar-refractivity contribution in [3.05, 3.63) is 82.7 Å². The predicted octanol–water partition coefficient (Wildman–Crippen LogP) is 4.84. The van der Waals surface area contributed by atoms with Gasteiger partial charge in [-0.25, -0.2) is 0 Å². The first-order valence-corrected chi connectivity index (χ1v) is 8.10. The first kappa shape index (κ1) is 16.0. The van der Waals surface area contributed by atoms with Crippen LogP contribution in [0.1, 0.15) is 5.56 Å². The highest BCUT2D eigenvalue weighted by atomic mass is 32.2. The van der Waals surface area contributed by atoms with Crippen molar-refractivity contribution < 1.29 is 4.92 Å². The van der Waals surface area contributed by atoms with Gasteiger partial charge < -0.3 is 4.57 Å². The molecule has 0 N–H and O–H groups in total. The van der Waals surface area contributed by atoms with Crippen molar-refractivity contribution in [2.24, 2.45) is 12.0 Å².